The number of hydrogen-bond donors (Lipinski definition) is 2. The third-order valence-electron chi connectivity index (χ3n) is 6.52. The van der Waals surface area contributed by atoms with E-state index in [0.29, 0.717) is 28.0 Å². The maximum atomic E-state index is 13.1. The number of methoxy groups -OCH3 is 1. The Labute approximate surface area is 244 Å². The summed E-state index contributed by atoms with van der Waals surface area (Å²) in [4.78, 5) is 42.5. The molecule has 0 saturated heterocycles. The summed E-state index contributed by atoms with van der Waals surface area (Å²) < 4.78 is 15.9. The molecule has 216 valence electrons. The SMILES string of the molecule is COC(=O)c1ccc(C(NC(=O)OCc2ccccc2)/C(=C/[C@@H](C)C(=O)NCc2ccc(C)o2)c2cccnc2)cc1. The Balaban J connectivity index is 1.65. The van der Waals surface area contributed by atoms with E-state index in [1.807, 2.05) is 55.5 Å². The maximum Gasteiger partial charge on any atom is 0.408 e. The molecular formula is C33H33N3O6. The van der Waals surface area contributed by atoms with Crippen LogP contribution in [0.2, 0.25) is 0 Å². The highest BCUT2D eigenvalue weighted by atomic mass is 16.5. The molecule has 2 heterocycles. The third kappa shape index (κ3) is 8.17. The Morgan fingerprint density at radius 1 is 0.952 bits per heavy atom. The summed E-state index contributed by atoms with van der Waals surface area (Å²) in [5.41, 5.74) is 3.19. The number of esters is 1. The number of amides is 2. The van der Waals surface area contributed by atoms with Crippen molar-refractivity contribution in [2.75, 3.05) is 7.11 Å². The number of carbonyl (C=O) groups excluding carboxylic acids is 3. The number of alkyl carbamates (subject to hydrolysis) is 1. The fourth-order valence-electron chi connectivity index (χ4n) is 4.31. The molecule has 9 nitrogen and oxygen atoms in total. The minimum atomic E-state index is -0.743. The van der Waals surface area contributed by atoms with Gasteiger partial charge >= 0.3 is 12.1 Å². The van der Waals surface area contributed by atoms with E-state index in [9.17, 15) is 14.4 Å². The van der Waals surface area contributed by atoms with Gasteiger partial charge in [-0.25, -0.2) is 9.59 Å². The van der Waals surface area contributed by atoms with Gasteiger partial charge in [-0.15, -0.1) is 0 Å². The molecule has 0 aliphatic heterocycles. The van der Waals surface area contributed by atoms with E-state index in [0.717, 1.165) is 11.3 Å². The molecule has 0 saturated carbocycles. The van der Waals surface area contributed by atoms with Gasteiger partial charge in [0.15, 0.2) is 0 Å². The molecule has 2 aromatic carbocycles. The molecule has 4 rings (SSSR count). The Bertz CT molecular complexity index is 1510. The molecule has 0 fully saturated rings. The Kier molecular flexibility index (Phi) is 10.3. The molecule has 4 aromatic rings. The molecule has 9 heteroatoms. The molecule has 0 spiro atoms. The van der Waals surface area contributed by atoms with E-state index in [1.54, 1.807) is 55.7 Å². The summed E-state index contributed by atoms with van der Waals surface area (Å²) in [7, 11) is 1.31. The van der Waals surface area contributed by atoms with Crippen molar-refractivity contribution < 1.29 is 28.3 Å². The van der Waals surface area contributed by atoms with Gasteiger partial charge in [0, 0.05) is 12.4 Å². The smallest absolute Gasteiger partial charge is 0.408 e. The summed E-state index contributed by atoms with van der Waals surface area (Å²) in [6.45, 7) is 3.93. The van der Waals surface area contributed by atoms with Crippen molar-refractivity contribution in [1.82, 2.24) is 15.6 Å². The summed E-state index contributed by atoms with van der Waals surface area (Å²) in [6.07, 6.45) is 4.44. The lowest BCUT2D eigenvalue weighted by molar-refractivity contribution is -0.123. The molecule has 0 radical (unpaired) electrons. The van der Waals surface area contributed by atoms with Crippen molar-refractivity contribution >= 4 is 23.5 Å². The van der Waals surface area contributed by atoms with Gasteiger partial charge in [0.05, 0.1) is 31.2 Å². The molecule has 42 heavy (non-hydrogen) atoms. The largest absolute Gasteiger partial charge is 0.465 e. The molecule has 2 amide bonds. The zero-order chi connectivity index (χ0) is 29.9. The molecular weight excluding hydrogens is 534 g/mol. The molecule has 0 aliphatic rings. The summed E-state index contributed by atoms with van der Waals surface area (Å²) in [5.74, 6) is 0.119. The Hall–Kier alpha value is -5.18. The van der Waals surface area contributed by atoms with E-state index < -0.39 is 24.0 Å². The lowest BCUT2D eigenvalue weighted by atomic mass is 9.90. The van der Waals surface area contributed by atoms with Crippen molar-refractivity contribution in [1.29, 1.82) is 0 Å². The zero-order valence-corrected chi connectivity index (χ0v) is 23.7. The number of aromatic nitrogens is 1. The first-order chi connectivity index (χ1) is 20.3. The van der Waals surface area contributed by atoms with Crippen LogP contribution in [-0.2, 0) is 27.4 Å². The number of aryl methyl sites for hydroxylation is 1. The van der Waals surface area contributed by atoms with Crippen LogP contribution in [0.1, 0.15) is 51.5 Å². The van der Waals surface area contributed by atoms with Gasteiger partial charge < -0.3 is 24.5 Å². The van der Waals surface area contributed by atoms with E-state index in [2.05, 4.69) is 15.6 Å². The average molecular weight is 568 g/mol. The summed E-state index contributed by atoms with van der Waals surface area (Å²) in [6, 6.07) is 22.6. The number of rotatable bonds is 11. The number of carbonyl (C=O) groups is 3. The minimum Gasteiger partial charge on any atom is -0.465 e. The maximum absolute atomic E-state index is 13.1. The molecule has 0 aliphatic carbocycles. The standard InChI is InChI=1S/C33H33N3O6/c1-22(31(37)35-20-28-16-11-23(2)42-28)18-29(27-10-7-17-34-19-27)30(25-12-14-26(15-13-25)32(38)40-3)36-33(39)41-21-24-8-5-4-6-9-24/h4-19,22,30H,20-21H2,1-3H3,(H,35,37)(H,36,39)/b29-18+/t22-,30?/m1/s1. The first-order valence-corrected chi connectivity index (χ1v) is 13.4. The van der Waals surface area contributed by atoms with Gasteiger partial charge in [0.2, 0.25) is 5.91 Å². The summed E-state index contributed by atoms with van der Waals surface area (Å²) in [5, 5.41) is 5.85. The van der Waals surface area contributed by atoms with Crippen molar-refractivity contribution in [3.8, 4) is 0 Å². The fraction of sp³-hybridized carbons (Fsp3) is 0.212. The number of pyridine rings is 1. The zero-order valence-electron chi connectivity index (χ0n) is 23.7. The van der Waals surface area contributed by atoms with Gasteiger partial charge in [-0.3, -0.25) is 9.78 Å². The van der Waals surface area contributed by atoms with Crippen LogP contribution in [0, 0.1) is 12.8 Å². The number of hydrogen-bond acceptors (Lipinski definition) is 7. The van der Waals surface area contributed by atoms with Crippen molar-refractivity contribution in [2.45, 2.75) is 33.0 Å². The molecule has 1 unspecified atom stereocenters. The van der Waals surface area contributed by atoms with Gasteiger partial charge in [0.25, 0.3) is 0 Å². The second-order valence-electron chi connectivity index (χ2n) is 9.64. The first-order valence-electron chi connectivity index (χ1n) is 13.4. The minimum absolute atomic E-state index is 0.0810. The number of nitrogens with zero attached hydrogens (tertiary/aromatic N) is 1. The second-order valence-corrected chi connectivity index (χ2v) is 9.64. The van der Waals surface area contributed by atoms with Gasteiger partial charge in [0.1, 0.15) is 18.1 Å². The highest BCUT2D eigenvalue weighted by molar-refractivity contribution is 5.89. The number of furan rings is 1. The number of nitrogens with one attached hydrogen (secondary N) is 2. The van der Waals surface area contributed by atoms with Crippen molar-refractivity contribution in [3.63, 3.8) is 0 Å². The Morgan fingerprint density at radius 2 is 1.71 bits per heavy atom. The normalized spacial score (nSPS) is 12.6. The lowest BCUT2D eigenvalue weighted by Gasteiger charge is -2.24. The van der Waals surface area contributed by atoms with Crippen LogP contribution in [0.25, 0.3) is 5.57 Å². The van der Waals surface area contributed by atoms with Crippen LogP contribution in [0.3, 0.4) is 0 Å². The molecule has 0 bridgehead atoms. The topological polar surface area (TPSA) is 120 Å². The Morgan fingerprint density at radius 3 is 2.36 bits per heavy atom. The first kappa shape index (κ1) is 29.8. The van der Waals surface area contributed by atoms with Crippen molar-refractivity contribution in [3.05, 3.63) is 131 Å². The van der Waals surface area contributed by atoms with Crippen LogP contribution in [0.5, 0.6) is 0 Å². The highest BCUT2D eigenvalue weighted by Crippen LogP contribution is 2.32. The second kappa shape index (κ2) is 14.5. The molecule has 2 aromatic heterocycles. The number of ether oxygens (including phenoxy) is 2. The van der Waals surface area contributed by atoms with E-state index in [-0.39, 0.29) is 19.1 Å². The summed E-state index contributed by atoms with van der Waals surface area (Å²) >= 11 is 0. The van der Waals surface area contributed by atoms with Crippen LogP contribution < -0.4 is 10.6 Å². The highest BCUT2D eigenvalue weighted by Gasteiger charge is 2.24. The lowest BCUT2D eigenvalue weighted by Crippen LogP contribution is -2.31. The third-order valence-corrected chi connectivity index (χ3v) is 6.52. The van der Waals surface area contributed by atoms with Crippen LogP contribution in [0.15, 0.2) is 102 Å². The van der Waals surface area contributed by atoms with E-state index in [4.69, 9.17) is 13.9 Å². The number of benzene rings is 2. The molecule has 2 atom stereocenters. The van der Waals surface area contributed by atoms with Gasteiger partial charge in [-0.2, -0.15) is 0 Å². The van der Waals surface area contributed by atoms with Crippen molar-refractivity contribution in [2.24, 2.45) is 5.92 Å². The molecule has 2 N–H and O–H groups in total. The predicted octanol–water partition coefficient (Wildman–Crippen LogP) is 5.77. The van der Waals surface area contributed by atoms with E-state index in [1.165, 1.54) is 7.11 Å². The van der Waals surface area contributed by atoms with Crippen LogP contribution >= 0.6 is 0 Å². The van der Waals surface area contributed by atoms with E-state index >= 15 is 0 Å². The monoisotopic (exact) mass is 567 g/mol. The van der Waals surface area contributed by atoms with Crippen LogP contribution in [-0.4, -0.2) is 30.1 Å². The average Bonchev–Trinajstić information content (AvgIpc) is 3.45. The van der Waals surface area contributed by atoms with Gasteiger partial charge in [-0.1, -0.05) is 61.5 Å². The fourth-order valence-corrected chi connectivity index (χ4v) is 4.31. The predicted molar refractivity (Wildman–Crippen MR) is 157 cm³/mol. The van der Waals surface area contributed by atoms with Gasteiger partial charge in [-0.05, 0) is 59.5 Å². The van der Waals surface area contributed by atoms with Crippen LogP contribution in [0.4, 0.5) is 4.79 Å². The quantitative estimate of drug-likeness (QED) is 0.221.